The van der Waals surface area contributed by atoms with E-state index in [4.69, 9.17) is 27.9 Å². The lowest BCUT2D eigenvalue weighted by Gasteiger charge is -2.18. The lowest BCUT2D eigenvalue weighted by Crippen LogP contribution is -2.30. The van der Waals surface area contributed by atoms with Gasteiger partial charge in [0, 0.05) is 19.2 Å². The highest BCUT2D eigenvalue weighted by molar-refractivity contribution is 7.18. The molecule has 0 aliphatic heterocycles. The summed E-state index contributed by atoms with van der Waals surface area (Å²) in [5.41, 5.74) is 1.37. The first-order chi connectivity index (χ1) is 14.7. The predicted molar refractivity (Wildman–Crippen MR) is 126 cm³/mol. The van der Waals surface area contributed by atoms with E-state index in [0.717, 1.165) is 11.3 Å². The maximum atomic E-state index is 12.9. The molecule has 1 aromatic carbocycles. The van der Waals surface area contributed by atoms with Crippen LogP contribution in [0.3, 0.4) is 0 Å². The van der Waals surface area contributed by atoms with Crippen molar-refractivity contribution in [3.8, 4) is 0 Å². The van der Waals surface area contributed by atoms with Crippen molar-refractivity contribution in [3.63, 3.8) is 0 Å². The van der Waals surface area contributed by atoms with Gasteiger partial charge in [-0.1, -0.05) is 29.3 Å². The van der Waals surface area contributed by atoms with E-state index < -0.39 is 11.9 Å². The van der Waals surface area contributed by atoms with Crippen LogP contribution < -0.4 is 5.32 Å². The Morgan fingerprint density at radius 1 is 1.13 bits per heavy atom. The Hall–Kier alpha value is -2.35. The Morgan fingerprint density at radius 2 is 1.81 bits per heavy atom. The van der Waals surface area contributed by atoms with Crippen LogP contribution in [0, 0.1) is 6.92 Å². The summed E-state index contributed by atoms with van der Waals surface area (Å²) in [6.45, 7) is 8.39. The summed E-state index contributed by atoms with van der Waals surface area (Å²) in [6, 6.07) is 4.99. The normalized spacial score (nSPS) is 10.9. The Balaban J connectivity index is 2.34. The highest BCUT2D eigenvalue weighted by atomic mass is 35.5. The number of thiophene rings is 1. The second-order valence-electron chi connectivity index (χ2n) is 6.45. The third-order valence-corrected chi connectivity index (χ3v) is 6.41. The zero-order valence-corrected chi connectivity index (χ0v) is 20.1. The standard InChI is InChI=1S/C22H24Cl2N2O4S/c1-5-26(6-2)21(28)19-13(4)18(22(29)30-7-3)20(31-19)25-17(27)11-9-14-8-10-15(23)16(24)12-14/h8-12H,5-7H2,1-4H3,(H,25,27)/b11-9+. The van der Waals surface area contributed by atoms with Crippen molar-refractivity contribution in [1.29, 1.82) is 0 Å². The Kier molecular flexibility index (Phi) is 9.10. The highest BCUT2D eigenvalue weighted by Crippen LogP contribution is 2.34. The van der Waals surface area contributed by atoms with Gasteiger partial charge in [-0.25, -0.2) is 4.79 Å². The Bertz CT molecular complexity index is 1010. The van der Waals surface area contributed by atoms with Gasteiger partial charge < -0.3 is 15.0 Å². The molecule has 2 rings (SSSR count). The van der Waals surface area contributed by atoms with Gasteiger partial charge >= 0.3 is 5.97 Å². The second-order valence-corrected chi connectivity index (χ2v) is 8.29. The molecule has 2 aromatic rings. The fourth-order valence-electron chi connectivity index (χ4n) is 2.85. The van der Waals surface area contributed by atoms with Gasteiger partial charge in [0.15, 0.2) is 0 Å². The number of ether oxygens (including phenoxy) is 1. The lowest BCUT2D eigenvalue weighted by atomic mass is 10.1. The molecule has 6 nitrogen and oxygen atoms in total. The fraction of sp³-hybridized carbons (Fsp3) is 0.318. The van der Waals surface area contributed by atoms with Crippen LogP contribution in [0.25, 0.3) is 6.08 Å². The van der Waals surface area contributed by atoms with Crippen LogP contribution in [-0.2, 0) is 9.53 Å². The number of nitrogens with zero attached hydrogens (tertiary/aromatic N) is 1. The van der Waals surface area contributed by atoms with Crippen molar-refractivity contribution < 1.29 is 19.1 Å². The molecule has 0 radical (unpaired) electrons. The van der Waals surface area contributed by atoms with E-state index in [2.05, 4.69) is 5.32 Å². The molecule has 1 aromatic heterocycles. The molecule has 0 aliphatic carbocycles. The van der Waals surface area contributed by atoms with Gasteiger partial charge in [-0.15, -0.1) is 11.3 Å². The lowest BCUT2D eigenvalue weighted by molar-refractivity contribution is -0.111. The minimum Gasteiger partial charge on any atom is -0.462 e. The summed E-state index contributed by atoms with van der Waals surface area (Å²) in [5, 5.41) is 3.77. The number of carbonyl (C=O) groups excluding carboxylic acids is 3. The van der Waals surface area contributed by atoms with Gasteiger partial charge in [-0.2, -0.15) is 0 Å². The first-order valence-corrected chi connectivity index (χ1v) is 11.3. The van der Waals surface area contributed by atoms with Gasteiger partial charge in [0.2, 0.25) is 5.91 Å². The van der Waals surface area contributed by atoms with Crippen LogP contribution >= 0.6 is 34.5 Å². The third kappa shape index (κ3) is 6.09. The summed E-state index contributed by atoms with van der Waals surface area (Å²) in [7, 11) is 0. The smallest absolute Gasteiger partial charge is 0.341 e. The van der Waals surface area contributed by atoms with E-state index in [1.807, 2.05) is 13.8 Å². The number of hydrogen-bond acceptors (Lipinski definition) is 5. The van der Waals surface area contributed by atoms with Crippen molar-refractivity contribution in [2.24, 2.45) is 0 Å². The molecule has 0 unspecified atom stereocenters. The first kappa shape index (κ1) is 24.9. The number of rotatable bonds is 8. The zero-order chi connectivity index (χ0) is 23.1. The summed E-state index contributed by atoms with van der Waals surface area (Å²) in [6.07, 6.45) is 2.89. The quantitative estimate of drug-likeness (QED) is 0.388. The first-order valence-electron chi connectivity index (χ1n) is 9.77. The molecule has 0 saturated carbocycles. The van der Waals surface area contributed by atoms with Crippen LogP contribution in [-0.4, -0.2) is 42.4 Å². The molecule has 1 heterocycles. The summed E-state index contributed by atoms with van der Waals surface area (Å²) >= 11 is 13.0. The number of nitrogens with one attached hydrogen (secondary N) is 1. The van der Waals surface area contributed by atoms with Crippen LogP contribution in [0.5, 0.6) is 0 Å². The van der Waals surface area contributed by atoms with Crippen LogP contribution in [0.15, 0.2) is 24.3 Å². The number of carbonyl (C=O) groups is 3. The molecule has 166 valence electrons. The minimum absolute atomic E-state index is 0.179. The molecule has 0 fully saturated rings. The third-order valence-electron chi connectivity index (χ3n) is 4.48. The molecule has 9 heteroatoms. The van der Waals surface area contributed by atoms with E-state index in [1.54, 1.807) is 43.0 Å². The summed E-state index contributed by atoms with van der Waals surface area (Å²) < 4.78 is 5.14. The van der Waals surface area contributed by atoms with Crippen molar-refractivity contribution in [2.45, 2.75) is 27.7 Å². The number of benzene rings is 1. The maximum Gasteiger partial charge on any atom is 0.341 e. The number of amides is 2. The fourth-order valence-corrected chi connectivity index (χ4v) is 4.32. The molecule has 0 spiro atoms. The van der Waals surface area contributed by atoms with Crippen LogP contribution in [0.1, 0.15) is 51.9 Å². The van der Waals surface area contributed by atoms with E-state index in [-0.39, 0.29) is 23.1 Å². The van der Waals surface area contributed by atoms with Crippen molar-refractivity contribution in [1.82, 2.24) is 4.90 Å². The Labute approximate surface area is 195 Å². The number of halogens is 2. The summed E-state index contributed by atoms with van der Waals surface area (Å²) in [4.78, 5) is 40.0. The van der Waals surface area contributed by atoms with E-state index >= 15 is 0 Å². The van der Waals surface area contributed by atoms with Crippen LogP contribution in [0.4, 0.5) is 5.00 Å². The topological polar surface area (TPSA) is 75.7 Å². The molecule has 0 aliphatic rings. The SMILES string of the molecule is CCOC(=O)c1c(NC(=O)/C=C/c2ccc(Cl)c(Cl)c2)sc(C(=O)N(CC)CC)c1C. The highest BCUT2D eigenvalue weighted by Gasteiger charge is 2.28. The maximum absolute atomic E-state index is 12.9. The van der Waals surface area contributed by atoms with E-state index in [0.29, 0.717) is 39.1 Å². The van der Waals surface area contributed by atoms with Gasteiger partial charge in [0.1, 0.15) is 5.00 Å². The minimum atomic E-state index is -0.585. The monoisotopic (exact) mass is 482 g/mol. The zero-order valence-electron chi connectivity index (χ0n) is 17.8. The van der Waals surface area contributed by atoms with E-state index in [1.165, 1.54) is 6.08 Å². The largest absolute Gasteiger partial charge is 0.462 e. The predicted octanol–water partition coefficient (Wildman–Crippen LogP) is 5.67. The molecular weight excluding hydrogens is 459 g/mol. The van der Waals surface area contributed by atoms with E-state index in [9.17, 15) is 14.4 Å². The average molecular weight is 483 g/mol. The molecule has 0 atom stereocenters. The van der Waals surface area contributed by atoms with Crippen molar-refractivity contribution >= 4 is 63.4 Å². The van der Waals surface area contributed by atoms with Gasteiger partial charge in [0.25, 0.3) is 5.91 Å². The van der Waals surface area contributed by atoms with Crippen molar-refractivity contribution in [2.75, 3.05) is 25.0 Å². The van der Waals surface area contributed by atoms with Gasteiger partial charge in [-0.05, 0) is 57.0 Å². The number of esters is 1. The molecule has 2 amide bonds. The molecule has 1 N–H and O–H groups in total. The average Bonchev–Trinajstić information content (AvgIpc) is 3.05. The molecule has 0 bridgehead atoms. The molecule has 0 saturated heterocycles. The molecular formula is C22H24Cl2N2O4S. The van der Waals surface area contributed by atoms with Gasteiger partial charge in [0.05, 0.1) is 27.1 Å². The van der Waals surface area contributed by atoms with Crippen LogP contribution in [0.2, 0.25) is 10.0 Å². The second kappa shape index (κ2) is 11.3. The number of hydrogen-bond donors (Lipinski definition) is 1. The molecule has 31 heavy (non-hydrogen) atoms. The Morgan fingerprint density at radius 3 is 2.39 bits per heavy atom. The number of anilines is 1. The van der Waals surface area contributed by atoms with Crippen molar-refractivity contribution in [3.05, 3.63) is 55.9 Å². The van der Waals surface area contributed by atoms with Gasteiger partial charge in [-0.3, -0.25) is 9.59 Å². The summed E-state index contributed by atoms with van der Waals surface area (Å²) in [5.74, 6) is -1.23.